The van der Waals surface area contributed by atoms with Gasteiger partial charge in [0.1, 0.15) is 24.0 Å². The van der Waals surface area contributed by atoms with Crippen LogP contribution in [0.25, 0.3) is 10.9 Å². The Morgan fingerprint density at radius 1 is 0.944 bits per heavy atom. The van der Waals surface area contributed by atoms with Crippen LogP contribution in [0.5, 0.6) is 0 Å². The number of anilines is 1. The Labute approximate surface area is 321 Å². The number of rotatable bonds is 10. The molecular weight excluding hydrogens is 712 g/mol. The van der Waals surface area contributed by atoms with Crippen LogP contribution < -0.4 is 15.4 Å². The molecule has 2 aliphatic carbocycles. The lowest BCUT2D eigenvalue weighted by Gasteiger charge is -2.37. The summed E-state index contributed by atoms with van der Waals surface area (Å²) in [6.07, 6.45) is 11.0. The molecular formula is C40H59FN6O6S. The average molecular weight is 771 g/mol. The van der Waals surface area contributed by atoms with Crippen molar-refractivity contribution in [2.45, 2.75) is 129 Å². The highest BCUT2D eigenvalue weighted by molar-refractivity contribution is 7.81. The van der Waals surface area contributed by atoms with Crippen LogP contribution in [-0.2, 0) is 25.5 Å². The smallest absolute Gasteiger partial charge is 0.407 e. The number of hydrogen-bond donors (Lipinski definition) is 4. The molecule has 3 heterocycles. The fourth-order valence-corrected chi connectivity index (χ4v) is 10.3. The van der Waals surface area contributed by atoms with Gasteiger partial charge in [0.2, 0.25) is 11.8 Å². The number of carbonyl (C=O) groups excluding carboxylic acids is 4. The van der Waals surface area contributed by atoms with Crippen molar-refractivity contribution in [1.29, 1.82) is 0 Å². The standard InChI is InChI=1S/C40H59FN6O6S/c1-25-31-23-29(17-18-32(31)43-34(25)36(48)45-54(52)46-20-9-6-10-21-46)42-37(49)35-30(26-11-7-5-8-12-26)19-22-47(35)38(50)28-15-13-27(14-16-28)33(24-41)44-39(51)53-40(2,3)4/h17-18,23,26-28,30,33,35,43H,5-16,19-22,24H2,1-4H3,(H,42,49)(H,44,51)(H,45,48)/t27?,28?,30-,33+,35-,54?/m0/s1. The van der Waals surface area contributed by atoms with E-state index in [0.717, 1.165) is 62.3 Å². The van der Waals surface area contributed by atoms with Crippen LogP contribution in [0.3, 0.4) is 0 Å². The van der Waals surface area contributed by atoms with Crippen molar-refractivity contribution in [2.24, 2.45) is 23.7 Å². The molecule has 2 aromatic rings. The molecule has 14 heteroatoms. The minimum atomic E-state index is -1.62. The van der Waals surface area contributed by atoms with Gasteiger partial charge in [0, 0.05) is 42.1 Å². The van der Waals surface area contributed by atoms with E-state index >= 15 is 0 Å². The molecule has 12 nitrogen and oxygen atoms in total. The maximum atomic E-state index is 14.3. The first kappa shape index (κ1) is 40.2. The number of H-pyrrole nitrogens is 1. The van der Waals surface area contributed by atoms with Gasteiger partial charge in [0.05, 0.1) is 6.04 Å². The van der Waals surface area contributed by atoms with Crippen molar-refractivity contribution in [3.8, 4) is 0 Å². The first-order valence-electron chi connectivity index (χ1n) is 20.1. The van der Waals surface area contributed by atoms with Gasteiger partial charge >= 0.3 is 6.09 Å². The third kappa shape index (κ3) is 9.46. The maximum absolute atomic E-state index is 14.3. The largest absolute Gasteiger partial charge is 0.444 e. The van der Waals surface area contributed by atoms with E-state index in [1.165, 1.54) is 6.42 Å². The van der Waals surface area contributed by atoms with Gasteiger partial charge in [-0.1, -0.05) is 38.5 Å². The van der Waals surface area contributed by atoms with E-state index < -0.39 is 47.5 Å². The summed E-state index contributed by atoms with van der Waals surface area (Å²) in [6, 6.07) is 4.20. The summed E-state index contributed by atoms with van der Waals surface area (Å²) in [5.74, 6) is -0.593. The molecule has 1 aromatic carbocycles. The molecule has 0 radical (unpaired) electrons. The number of hydrogen-bond acceptors (Lipinski definition) is 6. The first-order valence-corrected chi connectivity index (χ1v) is 21.2. The van der Waals surface area contributed by atoms with Gasteiger partial charge in [-0.05, 0) is 114 Å². The second-order valence-corrected chi connectivity index (χ2v) is 18.1. The Hall–Kier alpha value is -3.52. The molecule has 4 atom stereocenters. The highest BCUT2D eigenvalue weighted by Gasteiger charge is 2.47. The third-order valence-electron chi connectivity index (χ3n) is 12.1. The normalized spacial score (nSPS) is 25.5. The summed E-state index contributed by atoms with van der Waals surface area (Å²) >= 11 is -1.62. The van der Waals surface area contributed by atoms with Gasteiger partial charge in [0.25, 0.3) is 5.91 Å². The lowest BCUT2D eigenvalue weighted by atomic mass is 9.76. The number of halogens is 1. The Balaban J connectivity index is 1.13. The van der Waals surface area contributed by atoms with E-state index in [4.69, 9.17) is 4.74 Å². The number of carbonyl (C=O) groups is 4. The molecule has 0 bridgehead atoms. The zero-order chi connectivity index (χ0) is 38.6. The highest BCUT2D eigenvalue weighted by atomic mass is 32.2. The number of amides is 4. The van der Waals surface area contributed by atoms with Crippen molar-refractivity contribution in [1.82, 2.24) is 24.2 Å². The van der Waals surface area contributed by atoms with Crippen LogP contribution in [0, 0.1) is 30.6 Å². The minimum Gasteiger partial charge on any atom is -0.444 e. The molecule has 0 spiro atoms. The van der Waals surface area contributed by atoms with Crippen molar-refractivity contribution < 1.29 is 32.5 Å². The average Bonchev–Trinajstić information content (AvgIpc) is 3.75. The Morgan fingerprint density at radius 3 is 2.30 bits per heavy atom. The van der Waals surface area contributed by atoms with Crippen LogP contribution in [0.2, 0.25) is 0 Å². The van der Waals surface area contributed by atoms with Crippen molar-refractivity contribution in [3.63, 3.8) is 0 Å². The quantitative estimate of drug-likeness (QED) is 0.212. The molecule has 4 N–H and O–H groups in total. The number of nitrogens with zero attached hydrogens (tertiary/aromatic N) is 2. The number of alkyl halides is 1. The summed E-state index contributed by atoms with van der Waals surface area (Å²) in [6.45, 7) is 8.31. The van der Waals surface area contributed by atoms with Crippen LogP contribution in [-0.4, -0.2) is 86.2 Å². The topological polar surface area (TPSA) is 153 Å². The van der Waals surface area contributed by atoms with Crippen molar-refractivity contribution >= 4 is 51.6 Å². The molecule has 298 valence electrons. The van der Waals surface area contributed by atoms with E-state index in [9.17, 15) is 27.8 Å². The second kappa shape index (κ2) is 17.5. The van der Waals surface area contributed by atoms with E-state index in [0.29, 0.717) is 68.2 Å². The van der Waals surface area contributed by atoms with Gasteiger partial charge in [-0.25, -0.2) is 17.7 Å². The van der Waals surface area contributed by atoms with Crippen molar-refractivity contribution in [3.05, 3.63) is 29.5 Å². The van der Waals surface area contributed by atoms with Crippen LogP contribution in [0.15, 0.2) is 18.2 Å². The van der Waals surface area contributed by atoms with Crippen LogP contribution in [0.1, 0.15) is 120 Å². The minimum absolute atomic E-state index is 0.0154. The molecule has 4 fully saturated rings. The summed E-state index contributed by atoms with van der Waals surface area (Å²) in [7, 11) is 0. The number of nitrogens with one attached hydrogen (secondary N) is 4. The van der Waals surface area contributed by atoms with Gasteiger partial charge in [-0.2, -0.15) is 0 Å². The molecule has 2 saturated carbocycles. The molecule has 2 aliphatic heterocycles. The number of piperidine rings is 1. The molecule has 1 unspecified atom stereocenters. The number of aromatic nitrogens is 1. The molecule has 2 saturated heterocycles. The summed E-state index contributed by atoms with van der Waals surface area (Å²) < 4.78 is 36.7. The summed E-state index contributed by atoms with van der Waals surface area (Å²) in [5, 5.41) is 6.61. The Bertz CT molecular complexity index is 1690. The monoisotopic (exact) mass is 770 g/mol. The Morgan fingerprint density at radius 2 is 1.63 bits per heavy atom. The number of alkyl carbamates (subject to hydrolysis) is 1. The SMILES string of the molecule is Cc1c(C(=O)NS(=O)N2CCCCC2)[nH]c2ccc(NC(=O)[C@@H]3[C@H](C4CCCCC4)CCN3C(=O)C3CCC([C@@H](CF)NC(=O)OC(C)(C)C)CC3)cc12. The summed E-state index contributed by atoms with van der Waals surface area (Å²) in [4.78, 5) is 59.1. The summed E-state index contributed by atoms with van der Waals surface area (Å²) in [5.41, 5.74) is 1.64. The van der Waals surface area contributed by atoms with E-state index in [1.54, 1.807) is 31.1 Å². The van der Waals surface area contributed by atoms with Crippen LogP contribution in [0.4, 0.5) is 14.9 Å². The lowest BCUT2D eigenvalue weighted by Crippen LogP contribution is -2.50. The van der Waals surface area contributed by atoms with Crippen molar-refractivity contribution in [2.75, 3.05) is 31.6 Å². The fraction of sp³-hybridized carbons (Fsp3) is 0.700. The second-order valence-electron chi connectivity index (χ2n) is 16.9. The van der Waals surface area contributed by atoms with Gasteiger partial charge < -0.3 is 25.3 Å². The van der Waals surface area contributed by atoms with E-state index in [2.05, 4.69) is 20.3 Å². The number of fused-ring (bicyclic) bond motifs is 1. The number of benzene rings is 1. The number of aromatic amines is 1. The number of aryl methyl sites for hydroxylation is 1. The van der Waals surface area contributed by atoms with E-state index in [-0.39, 0.29) is 29.6 Å². The number of ether oxygens (including phenoxy) is 1. The van der Waals surface area contributed by atoms with E-state index in [1.807, 2.05) is 24.0 Å². The fourth-order valence-electron chi connectivity index (χ4n) is 9.27. The predicted octanol–water partition coefficient (Wildman–Crippen LogP) is 6.68. The lowest BCUT2D eigenvalue weighted by molar-refractivity contribution is -0.142. The zero-order valence-corrected chi connectivity index (χ0v) is 33.2. The number of likely N-dealkylation sites (tertiary alicyclic amines) is 1. The van der Waals surface area contributed by atoms with Gasteiger partial charge in [-0.3, -0.25) is 19.1 Å². The highest BCUT2D eigenvalue weighted by Crippen LogP contribution is 2.41. The third-order valence-corrected chi connectivity index (χ3v) is 13.3. The maximum Gasteiger partial charge on any atom is 0.407 e. The zero-order valence-electron chi connectivity index (χ0n) is 32.3. The molecule has 6 rings (SSSR count). The van der Waals surface area contributed by atoms with Crippen LogP contribution >= 0.6 is 0 Å². The predicted molar refractivity (Wildman–Crippen MR) is 207 cm³/mol. The molecule has 1 aromatic heterocycles. The molecule has 4 amide bonds. The Kier molecular flexibility index (Phi) is 13.0. The molecule has 4 aliphatic rings. The first-order chi connectivity index (χ1) is 25.8. The van der Waals surface area contributed by atoms with Gasteiger partial charge in [0.15, 0.2) is 11.2 Å². The molecule has 54 heavy (non-hydrogen) atoms. The van der Waals surface area contributed by atoms with Gasteiger partial charge in [-0.15, -0.1) is 0 Å².